The van der Waals surface area contributed by atoms with Gasteiger partial charge in [0.15, 0.2) is 6.29 Å². The second-order valence-electron chi connectivity index (χ2n) is 5.77. The van der Waals surface area contributed by atoms with E-state index in [2.05, 4.69) is 0 Å². The molecule has 2 heterocycles. The number of ether oxygens (including phenoxy) is 5. The summed E-state index contributed by atoms with van der Waals surface area (Å²) in [6.07, 6.45) is -2.65. The van der Waals surface area contributed by atoms with E-state index in [0.717, 1.165) is 5.56 Å². The van der Waals surface area contributed by atoms with Crippen LogP contribution in [0.25, 0.3) is 0 Å². The zero-order valence-electron chi connectivity index (χ0n) is 13.5. The molecule has 0 bridgehead atoms. The Kier molecular flexibility index (Phi) is 5.13. The van der Waals surface area contributed by atoms with Gasteiger partial charge in [-0.2, -0.15) is 0 Å². The third-order valence-electron chi connectivity index (χ3n) is 3.86. The maximum Gasteiger partial charge on any atom is 0.304 e. The molecule has 7 heteroatoms. The van der Waals surface area contributed by atoms with Gasteiger partial charge in [0.1, 0.15) is 18.3 Å². The molecule has 0 N–H and O–H groups in total. The number of carbonyl (C=O) groups is 2. The van der Waals surface area contributed by atoms with E-state index in [1.807, 2.05) is 30.3 Å². The van der Waals surface area contributed by atoms with Crippen molar-refractivity contribution < 1.29 is 33.3 Å². The molecule has 3 rings (SSSR count). The van der Waals surface area contributed by atoms with Gasteiger partial charge in [0.05, 0.1) is 13.0 Å². The molecule has 130 valence electrons. The summed E-state index contributed by atoms with van der Waals surface area (Å²) in [6, 6.07) is 9.50. The zero-order valence-corrected chi connectivity index (χ0v) is 13.5. The smallest absolute Gasteiger partial charge is 0.304 e. The van der Waals surface area contributed by atoms with Crippen LogP contribution in [0.5, 0.6) is 0 Å². The number of hydrogen-bond acceptors (Lipinski definition) is 7. The van der Waals surface area contributed by atoms with Crippen molar-refractivity contribution in [1.82, 2.24) is 0 Å². The van der Waals surface area contributed by atoms with Crippen LogP contribution in [-0.4, -0.2) is 43.1 Å². The molecule has 0 aliphatic carbocycles. The standard InChI is InChI=1S/C17H20O7/c1-10(18)21-13-8-15(22-11(2)19)23-14-9-20-17(24-16(13)14)12-6-4-3-5-7-12/h3-7,13-17H,8-9H2,1-2H3/t13-,14-,15-,16-,17+/m0/s1. The van der Waals surface area contributed by atoms with Crippen molar-refractivity contribution in [3.05, 3.63) is 35.9 Å². The molecule has 2 aliphatic heterocycles. The lowest BCUT2D eigenvalue weighted by molar-refractivity contribution is -0.333. The highest BCUT2D eigenvalue weighted by Gasteiger charge is 2.47. The van der Waals surface area contributed by atoms with E-state index in [-0.39, 0.29) is 13.0 Å². The van der Waals surface area contributed by atoms with Gasteiger partial charge in [-0.1, -0.05) is 30.3 Å². The average molecular weight is 336 g/mol. The molecule has 2 aliphatic rings. The van der Waals surface area contributed by atoms with Gasteiger partial charge in [0, 0.05) is 19.4 Å². The number of fused-ring (bicyclic) bond motifs is 1. The average Bonchev–Trinajstić information content (AvgIpc) is 2.54. The van der Waals surface area contributed by atoms with Crippen LogP contribution in [0, 0.1) is 0 Å². The van der Waals surface area contributed by atoms with E-state index in [1.165, 1.54) is 13.8 Å². The maximum absolute atomic E-state index is 11.4. The lowest BCUT2D eigenvalue weighted by atomic mass is 10.00. The number of hydrogen-bond donors (Lipinski definition) is 0. The minimum absolute atomic E-state index is 0.224. The molecule has 7 nitrogen and oxygen atoms in total. The minimum atomic E-state index is -0.784. The molecule has 0 radical (unpaired) electrons. The van der Waals surface area contributed by atoms with E-state index in [9.17, 15) is 9.59 Å². The molecule has 0 unspecified atom stereocenters. The summed E-state index contributed by atoms with van der Waals surface area (Å²) < 4.78 is 27.9. The van der Waals surface area contributed by atoms with Crippen molar-refractivity contribution in [1.29, 1.82) is 0 Å². The first kappa shape index (κ1) is 16.9. The van der Waals surface area contributed by atoms with Crippen LogP contribution in [0.4, 0.5) is 0 Å². The van der Waals surface area contributed by atoms with E-state index in [0.29, 0.717) is 0 Å². The van der Waals surface area contributed by atoms with Crippen LogP contribution in [0.2, 0.25) is 0 Å². The molecule has 0 amide bonds. The first-order valence-electron chi connectivity index (χ1n) is 7.85. The van der Waals surface area contributed by atoms with Gasteiger partial charge in [-0.3, -0.25) is 9.59 Å². The van der Waals surface area contributed by atoms with Crippen molar-refractivity contribution in [2.45, 2.75) is 51.2 Å². The van der Waals surface area contributed by atoms with Gasteiger partial charge >= 0.3 is 11.9 Å². The SMILES string of the molecule is CC(=O)O[C@@H]1C[C@H](OC(C)=O)[C@@H]2O[C@H](c3ccccc3)OC[C@@H]2O1. The fourth-order valence-electron chi connectivity index (χ4n) is 2.94. The first-order valence-corrected chi connectivity index (χ1v) is 7.85. The van der Waals surface area contributed by atoms with Gasteiger partial charge in [-0.25, -0.2) is 0 Å². The van der Waals surface area contributed by atoms with Crippen molar-refractivity contribution in [2.75, 3.05) is 6.61 Å². The van der Waals surface area contributed by atoms with E-state index >= 15 is 0 Å². The molecule has 2 saturated heterocycles. The summed E-state index contributed by atoms with van der Waals surface area (Å²) in [5.41, 5.74) is 0.875. The molecule has 0 spiro atoms. The molecular weight excluding hydrogens is 316 g/mol. The molecule has 0 saturated carbocycles. The second-order valence-corrected chi connectivity index (χ2v) is 5.77. The number of rotatable bonds is 3. The van der Waals surface area contributed by atoms with Crippen molar-refractivity contribution in [2.24, 2.45) is 0 Å². The molecule has 24 heavy (non-hydrogen) atoms. The fourth-order valence-corrected chi connectivity index (χ4v) is 2.94. The molecular formula is C17H20O7. The lowest BCUT2D eigenvalue weighted by Gasteiger charge is -2.44. The monoisotopic (exact) mass is 336 g/mol. The van der Waals surface area contributed by atoms with E-state index in [4.69, 9.17) is 23.7 Å². The molecule has 1 aromatic carbocycles. The quantitative estimate of drug-likeness (QED) is 0.777. The van der Waals surface area contributed by atoms with Crippen LogP contribution in [0.1, 0.15) is 32.1 Å². The predicted molar refractivity (Wildman–Crippen MR) is 80.6 cm³/mol. The van der Waals surface area contributed by atoms with Crippen LogP contribution in [0.15, 0.2) is 30.3 Å². The Hall–Kier alpha value is -1.96. The van der Waals surface area contributed by atoms with Gasteiger partial charge in [-0.15, -0.1) is 0 Å². The van der Waals surface area contributed by atoms with Gasteiger partial charge < -0.3 is 23.7 Å². The van der Waals surface area contributed by atoms with Crippen LogP contribution in [0.3, 0.4) is 0 Å². The van der Waals surface area contributed by atoms with Crippen LogP contribution < -0.4 is 0 Å². The summed E-state index contributed by atoms with van der Waals surface area (Å²) in [5.74, 6) is -0.881. The number of esters is 2. The zero-order chi connectivity index (χ0) is 17.1. The number of benzene rings is 1. The Bertz CT molecular complexity index is 588. The maximum atomic E-state index is 11.4. The minimum Gasteiger partial charge on any atom is -0.459 e. The van der Waals surface area contributed by atoms with Crippen molar-refractivity contribution in [3.63, 3.8) is 0 Å². The summed E-state index contributed by atoms with van der Waals surface area (Å²) in [6.45, 7) is 2.88. The van der Waals surface area contributed by atoms with Gasteiger partial charge in [0.25, 0.3) is 0 Å². The van der Waals surface area contributed by atoms with E-state index < -0.39 is 42.8 Å². The Morgan fingerprint density at radius 2 is 1.75 bits per heavy atom. The predicted octanol–water partition coefficient (Wildman–Crippen LogP) is 1.71. The summed E-state index contributed by atoms with van der Waals surface area (Å²) >= 11 is 0. The van der Waals surface area contributed by atoms with Gasteiger partial charge in [-0.05, 0) is 0 Å². The summed E-state index contributed by atoms with van der Waals surface area (Å²) in [7, 11) is 0. The van der Waals surface area contributed by atoms with Crippen molar-refractivity contribution >= 4 is 11.9 Å². The highest BCUT2D eigenvalue weighted by Crippen LogP contribution is 2.35. The lowest BCUT2D eigenvalue weighted by Crippen LogP contribution is -2.56. The van der Waals surface area contributed by atoms with Gasteiger partial charge in [0.2, 0.25) is 6.29 Å². The fraction of sp³-hybridized carbons (Fsp3) is 0.529. The van der Waals surface area contributed by atoms with Crippen LogP contribution in [-0.2, 0) is 33.3 Å². The summed E-state index contributed by atoms with van der Waals surface area (Å²) in [4.78, 5) is 22.6. The Morgan fingerprint density at radius 3 is 2.42 bits per heavy atom. The molecule has 1 aromatic rings. The Balaban J connectivity index is 1.74. The number of carbonyl (C=O) groups excluding carboxylic acids is 2. The highest BCUT2D eigenvalue weighted by molar-refractivity contribution is 5.66. The molecule has 5 atom stereocenters. The highest BCUT2D eigenvalue weighted by atomic mass is 16.8. The molecule has 0 aromatic heterocycles. The van der Waals surface area contributed by atoms with E-state index in [1.54, 1.807) is 0 Å². The van der Waals surface area contributed by atoms with Crippen molar-refractivity contribution in [3.8, 4) is 0 Å². The van der Waals surface area contributed by atoms with Crippen LogP contribution >= 0.6 is 0 Å². The Labute approximate surface area is 139 Å². The summed E-state index contributed by atoms with van der Waals surface area (Å²) in [5, 5.41) is 0. The topological polar surface area (TPSA) is 80.3 Å². The Morgan fingerprint density at radius 1 is 1.04 bits per heavy atom. The largest absolute Gasteiger partial charge is 0.459 e. The molecule has 2 fully saturated rings. The third-order valence-corrected chi connectivity index (χ3v) is 3.86. The second kappa shape index (κ2) is 7.29. The third kappa shape index (κ3) is 3.92. The normalized spacial score (nSPS) is 32.5. The first-order chi connectivity index (χ1) is 11.5.